The van der Waals surface area contributed by atoms with E-state index in [1.807, 2.05) is 24.3 Å². The van der Waals surface area contributed by atoms with Crippen LogP contribution < -0.4 is 5.32 Å². The number of aliphatic hydroxyl groups excluding tert-OH is 1. The summed E-state index contributed by atoms with van der Waals surface area (Å²) in [6.45, 7) is -0.167. The number of para-hydroxylation sites is 1. The van der Waals surface area contributed by atoms with Crippen LogP contribution in [0.1, 0.15) is 16.1 Å². The maximum absolute atomic E-state index is 12.3. The maximum Gasteiger partial charge on any atom is 0.276 e. The minimum atomic E-state index is -0.342. The highest BCUT2D eigenvalue weighted by atomic mass is 16.3. The average molecular weight is 268 g/mol. The van der Waals surface area contributed by atoms with Gasteiger partial charge in [-0.3, -0.25) is 14.9 Å². The third kappa shape index (κ3) is 2.12. The minimum absolute atomic E-state index is 0.167. The average Bonchev–Trinajstić information content (AvgIpc) is 2.92. The molecule has 0 aliphatic rings. The van der Waals surface area contributed by atoms with Gasteiger partial charge >= 0.3 is 0 Å². The van der Waals surface area contributed by atoms with E-state index < -0.39 is 0 Å². The first-order chi connectivity index (χ1) is 9.79. The summed E-state index contributed by atoms with van der Waals surface area (Å²) in [6.07, 6.45) is 3.06. The molecule has 1 amide bonds. The van der Waals surface area contributed by atoms with Crippen molar-refractivity contribution < 1.29 is 9.90 Å². The second kappa shape index (κ2) is 5.10. The fourth-order valence-corrected chi connectivity index (χ4v) is 1.99. The highest BCUT2D eigenvalue weighted by molar-refractivity contribution is 6.11. The number of H-pyrrole nitrogens is 1. The van der Waals surface area contributed by atoms with Crippen molar-refractivity contribution in [2.24, 2.45) is 0 Å². The summed E-state index contributed by atoms with van der Waals surface area (Å²) in [5.41, 5.74) is 2.19. The molecule has 3 rings (SSSR count). The van der Waals surface area contributed by atoms with Crippen molar-refractivity contribution in [2.45, 2.75) is 6.61 Å². The third-order valence-electron chi connectivity index (χ3n) is 3.02. The van der Waals surface area contributed by atoms with Gasteiger partial charge < -0.3 is 10.4 Å². The summed E-state index contributed by atoms with van der Waals surface area (Å²) < 4.78 is 0. The van der Waals surface area contributed by atoms with E-state index in [4.69, 9.17) is 0 Å². The molecule has 0 fully saturated rings. The number of carbonyl (C=O) groups excluding carboxylic acids is 1. The van der Waals surface area contributed by atoms with Gasteiger partial charge in [-0.25, -0.2) is 0 Å². The van der Waals surface area contributed by atoms with Crippen LogP contribution in [0.5, 0.6) is 0 Å². The van der Waals surface area contributed by atoms with Crippen molar-refractivity contribution in [1.82, 2.24) is 15.2 Å². The van der Waals surface area contributed by atoms with Gasteiger partial charge in [-0.05, 0) is 12.1 Å². The Balaban J connectivity index is 1.93. The number of fused-ring (bicyclic) bond motifs is 1. The lowest BCUT2D eigenvalue weighted by atomic mass is 10.2. The molecule has 0 radical (unpaired) electrons. The summed E-state index contributed by atoms with van der Waals surface area (Å²) in [7, 11) is 0. The number of aliphatic hydroxyl groups is 1. The first-order valence-electron chi connectivity index (χ1n) is 6.08. The number of aromatic nitrogens is 3. The zero-order valence-corrected chi connectivity index (χ0v) is 10.5. The van der Waals surface area contributed by atoms with Crippen LogP contribution in [0.2, 0.25) is 0 Å². The predicted molar refractivity (Wildman–Crippen MR) is 74.2 cm³/mol. The Labute approximate surface area is 114 Å². The molecule has 6 nitrogen and oxygen atoms in total. The van der Waals surface area contributed by atoms with E-state index in [9.17, 15) is 9.90 Å². The lowest BCUT2D eigenvalue weighted by molar-refractivity contribution is 0.102. The Morgan fingerprint density at radius 2 is 2.15 bits per heavy atom. The number of hydrogen-bond donors (Lipinski definition) is 3. The van der Waals surface area contributed by atoms with Crippen LogP contribution in [-0.2, 0) is 6.61 Å². The number of nitrogens with one attached hydrogen (secondary N) is 2. The molecule has 0 aliphatic carbocycles. The number of nitrogens with zero attached hydrogens (tertiary/aromatic N) is 2. The van der Waals surface area contributed by atoms with Crippen molar-refractivity contribution in [3.8, 4) is 0 Å². The SMILES string of the molecule is O=C(Nc1cnccc1CO)c1n[nH]c2ccccc12. The number of aromatic amines is 1. The number of amides is 1. The molecule has 0 spiro atoms. The Kier molecular flexibility index (Phi) is 3.14. The Bertz CT molecular complexity index is 766. The lowest BCUT2D eigenvalue weighted by Crippen LogP contribution is -2.14. The van der Waals surface area contributed by atoms with Gasteiger partial charge in [-0.15, -0.1) is 0 Å². The van der Waals surface area contributed by atoms with Crippen LogP contribution in [0.15, 0.2) is 42.7 Å². The molecular weight excluding hydrogens is 256 g/mol. The largest absolute Gasteiger partial charge is 0.392 e. The van der Waals surface area contributed by atoms with E-state index in [-0.39, 0.29) is 12.5 Å². The van der Waals surface area contributed by atoms with Gasteiger partial charge in [-0.2, -0.15) is 5.10 Å². The van der Waals surface area contributed by atoms with Crippen molar-refractivity contribution in [3.05, 3.63) is 54.0 Å². The predicted octanol–water partition coefficient (Wildman–Crippen LogP) is 1.70. The minimum Gasteiger partial charge on any atom is -0.392 e. The second-order valence-electron chi connectivity index (χ2n) is 4.26. The molecule has 6 heteroatoms. The highest BCUT2D eigenvalue weighted by Gasteiger charge is 2.15. The molecule has 2 aromatic heterocycles. The van der Waals surface area contributed by atoms with Gasteiger partial charge in [0, 0.05) is 17.1 Å². The Morgan fingerprint density at radius 3 is 3.00 bits per heavy atom. The van der Waals surface area contributed by atoms with Crippen LogP contribution in [-0.4, -0.2) is 26.2 Å². The fourth-order valence-electron chi connectivity index (χ4n) is 1.99. The van der Waals surface area contributed by atoms with Gasteiger partial charge in [0.1, 0.15) is 0 Å². The molecule has 20 heavy (non-hydrogen) atoms. The summed E-state index contributed by atoms with van der Waals surface area (Å²) >= 11 is 0. The summed E-state index contributed by atoms with van der Waals surface area (Å²) in [5, 5.41) is 19.5. The molecule has 0 saturated heterocycles. The topological polar surface area (TPSA) is 90.9 Å². The van der Waals surface area contributed by atoms with E-state index >= 15 is 0 Å². The van der Waals surface area contributed by atoms with Crippen LogP contribution in [0, 0.1) is 0 Å². The third-order valence-corrected chi connectivity index (χ3v) is 3.02. The van der Waals surface area contributed by atoms with Gasteiger partial charge in [0.25, 0.3) is 5.91 Å². The fraction of sp³-hybridized carbons (Fsp3) is 0.0714. The number of carbonyl (C=O) groups is 1. The molecule has 1 aromatic carbocycles. The van der Waals surface area contributed by atoms with Gasteiger partial charge in [-0.1, -0.05) is 18.2 Å². The van der Waals surface area contributed by atoms with E-state index in [2.05, 4.69) is 20.5 Å². The van der Waals surface area contributed by atoms with E-state index in [1.165, 1.54) is 6.20 Å². The zero-order valence-electron chi connectivity index (χ0n) is 10.5. The molecule has 0 atom stereocenters. The van der Waals surface area contributed by atoms with E-state index in [0.29, 0.717) is 16.9 Å². The molecule has 3 N–H and O–H groups in total. The summed E-state index contributed by atoms with van der Waals surface area (Å²) in [6, 6.07) is 9.04. The van der Waals surface area contributed by atoms with Crippen molar-refractivity contribution in [3.63, 3.8) is 0 Å². The number of anilines is 1. The molecule has 3 aromatic rings. The van der Waals surface area contributed by atoms with Crippen LogP contribution in [0.4, 0.5) is 5.69 Å². The second-order valence-corrected chi connectivity index (χ2v) is 4.26. The van der Waals surface area contributed by atoms with Crippen LogP contribution in [0.25, 0.3) is 10.9 Å². The lowest BCUT2D eigenvalue weighted by Gasteiger charge is -2.07. The molecule has 0 bridgehead atoms. The molecule has 0 aliphatic heterocycles. The Hall–Kier alpha value is -2.73. The number of rotatable bonds is 3. The zero-order chi connectivity index (χ0) is 13.9. The number of benzene rings is 1. The maximum atomic E-state index is 12.3. The van der Waals surface area contributed by atoms with Gasteiger partial charge in [0.15, 0.2) is 5.69 Å². The monoisotopic (exact) mass is 268 g/mol. The number of pyridine rings is 1. The quantitative estimate of drug-likeness (QED) is 0.674. The van der Waals surface area contributed by atoms with Crippen molar-refractivity contribution in [2.75, 3.05) is 5.32 Å². The van der Waals surface area contributed by atoms with Crippen molar-refractivity contribution >= 4 is 22.5 Å². The first-order valence-corrected chi connectivity index (χ1v) is 6.08. The van der Waals surface area contributed by atoms with Gasteiger partial charge in [0.2, 0.25) is 0 Å². The normalized spacial score (nSPS) is 10.7. The highest BCUT2D eigenvalue weighted by Crippen LogP contribution is 2.18. The van der Waals surface area contributed by atoms with Crippen molar-refractivity contribution in [1.29, 1.82) is 0 Å². The smallest absolute Gasteiger partial charge is 0.276 e. The Morgan fingerprint density at radius 1 is 1.30 bits per heavy atom. The molecule has 0 unspecified atom stereocenters. The van der Waals surface area contributed by atoms with Gasteiger partial charge in [0.05, 0.1) is 24.0 Å². The molecule has 100 valence electrons. The standard InChI is InChI=1S/C14H12N4O2/c19-8-9-5-6-15-7-12(9)16-14(20)13-10-3-1-2-4-11(10)17-18-13/h1-7,19H,8H2,(H,16,20)(H,17,18). The van der Waals surface area contributed by atoms with Crippen LogP contribution in [0.3, 0.4) is 0 Å². The van der Waals surface area contributed by atoms with Crippen LogP contribution >= 0.6 is 0 Å². The summed E-state index contributed by atoms with van der Waals surface area (Å²) in [4.78, 5) is 16.2. The van der Waals surface area contributed by atoms with E-state index in [0.717, 1.165) is 10.9 Å². The summed E-state index contributed by atoms with van der Waals surface area (Å²) in [5.74, 6) is -0.342. The first kappa shape index (κ1) is 12.3. The number of hydrogen-bond acceptors (Lipinski definition) is 4. The molecule has 0 saturated carbocycles. The molecular formula is C14H12N4O2. The molecule has 2 heterocycles. The van der Waals surface area contributed by atoms with E-state index in [1.54, 1.807) is 12.3 Å².